The van der Waals surface area contributed by atoms with Gasteiger partial charge in [0.2, 0.25) is 0 Å². The summed E-state index contributed by atoms with van der Waals surface area (Å²) in [6.07, 6.45) is 3.46. The largest absolute Gasteiger partial charge is 0.497 e. The number of rotatable bonds is 3. The van der Waals surface area contributed by atoms with Crippen LogP contribution >= 0.6 is 15.9 Å². The quantitative estimate of drug-likeness (QED) is 0.858. The van der Waals surface area contributed by atoms with E-state index in [2.05, 4.69) is 20.5 Å². The molecule has 1 aliphatic heterocycles. The number of hydrogen-bond acceptors (Lipinski definition) is 3. The lowest BCUT2D eigenvalue weighted by Gasteiger charge is -2.17. The van der Waals surface area contributed by atoms with Gasteiger partial charge in [-0.1, -0.05) is 0 Å². The van der Waals surface area contributed by atoms with Gasteiger partial charge in [0.05, 0.1) is 19.9 Å². The van der Waals surface area contributed by atoms with Crippen molar-refractivity contribution in [2.45, 2.75) is 25.8 Å². The summed E-state index contributed by atoms with van der Waals surface area (Å²) in [7, 11) is 3.35. The zero-order valence-corrected chi connectivity index (χ0v) is 13.2. The Balaban J connectivity index is 2.17. The lowest BCUT2D eigenvalue weighted by molar-refractivity contribution is 0.404. The summed E-state index contributed by atoms with van der Waals surface area (Å²) >= 11 is 3.56. The van der Waals surface area contributed by atoms with Gasteiger partial charge in [-0.05, 0) is 53.4 Å². The van der Waals surface area contributed by atoms with E-state index >= 15 is 0 Å². The fourth-order valence-corrected chi connectivity index (χ4v) is 3.28. The molecule has 0 amide bonds. The van der Waals surface area contributed by atoms with Crippen LogP contribution in [0.25, 0.3) is 11.3 Å². The van der Waals surface area contributed by atoms with Gasteiger partial charge in [0.25, 0.3) is 0 Å². The van der Waals surface area contributed by atoms with Gasteiger partial charge in [0.1, 0.15) is 11.5 Å². The maximum absolute atomic E-state index is 5.48. The number of halogens is 1. The van der Waals surface area contributed by atoms with Crippen LogP contribution < -0.4 is 9.47 Å². The first-order valence-corrected chi connectivity index (χ1v) is 7.51. The van der Waals surface area contributed by atoms with Crippen LogP contribution in [0.5, 0.6) is 11.5 Å². The molecule has 0 spiro atoms. The maximum Gasteiger partial charge on any atom is 0.177 e. The van der Waals surface area contributed by atoms with Crippen molar-refractivity contribution in [3.05, 3.63) is 28.6 Å². The molecule has 1 aromatic carbocycles. The minimum atomic E-state index is 0.814. The van der Waals surface area contributed by atoms with Crippen molar-refractivity contribution in [1.29, 1.82) is 0 Å². The number of fused-ring (bicyclic) bond motifs is 1. The van der Waals surface area contributed by atoms with E-state index in [4.69, 9.17) is 14.5 Å². The summed E-state index contributed by atoms with van der Waals surface area (Å²) in [6.45, 7) is 1.02. The summed E-state index contributed by atoms with van der Waals surface area (Å²) in [5.74, 6) is 1.64. The summed E-state index contributed by atoms with van der Waals surface area (Å²) in [6, 6.07) is 5.82. The van der Waals surface area contributed by atoms with Crippen LogP contribution in [-0.4, -0.2) is 23.8 Å². The number of aromatic nitrogens is 2. The second kappa shape index (κ2) is 5.48. The fraction of sp³-hybridized carbons (Fsp3) is 0.400. The Kier molecular flexibility index (Phi) is 3.70. The van der Waals surface area contributed by atoms with Crippen LogP contribution in [-0.2, 0) is 13.0 Å². The summed E-state index contributed by atoms with van der Waals surface area (Å²) < 4.78 is 13.9. The van der Waals surface area contributed by atoms with E-state index < -0.39 is 0 Å². The maximum atomic E-state index is 5.48. The second-order valence-electron chi connectivity index (χ2n) is 4.85. The standard InChI is InChI=1S/C15H17BrN2O2/c1-19-10-6-7-13(20-2)11(9-10)14-12-5-3-4-8-18(12)15(16)17-14/h6-7,9H,3-5,8H2,1-2H3. The predicted octanol–water partition coefficient (Wildman–Crippen LogP) is 3.67. The Bertz CT molecular complexity index is 637. The van der Waals surface area contributed by atoms with Gasteiger partial charge >= 0.3 is 0 Å². The fourth-order valence-electron chi connectivity index (χ4n) is 2.71. The smallest absolute Gasteiger partial charge is 0.177 e. The SMILES string of the molecule is COc1ccc(OC)c(-c2nc(Br)n3c2CCCC3)c1. The van der Waals surface area contributed by atoms with Crippen molar-refractivity contribution in [3.8, 4) is 22.8 Å². The first kappa shape index (κ1) is 13.5. The van der Waals surface area contributed by atoms with Crippen molar-refractivity contribution in [2.24, 2.45) is 0 Å². The topological polar surface area (TPSA) is 36.3 Å². The molecule has 0 unspecified atom stereocenters. The Morgan fingerprint density at radius 1 is 1.20 bits per heavy atom. The van der Waals surface area contributed by atoms with Gasteiger partial charge in [-0.3, -0.25) is 0 Å². The summed E-state index contributed by atoms with van der Waals surface area (Å²) in [5.41, 5.74) is 3.25. The third-order valence-corrected chi connectivity index (χ3v) is 4.34. The second-order valence-corrected chi connectivity index (χ2v) is 5.56. The van der Waals surface area contributed by atoms with Gasteiger partial charge < -0.3 is 14.0 Å². The summed E-state index contributed by atoms with van der Waals surface area (Å²) in [4.78, 5) is 4.69. The van der Waals surface area contributed by atoms with Crippen molar-refractivity contribution in [1.82, 2.24) is 9.55 Å². The molecule has 2 heterocycles. The molecule has 0 radical (unpaired) electrons. The van der Waals surface area contributed by atoms with Crippen molar-refractivity contribution in [2.75, 3.05) is 14.2 Å². The molecule has 2 aromatic rings. The van der Waals surface area contributed by atoms with E-state index in [0.29, 0.717) is 0 Å². The van der Waals surface area contributed by atoms with Crippen molar-refractivity contribution >= 4 is 15.9 Å². The Labute approximate surface area is 126 Å². The predicted molar refractivity (Wildman–Crippen MR) is 81.4 cm³/mol. The van der Waals surface area contributed by atoms with Gasteiger partial charge in [-0.15, -0.1) is 0 Å². The zero-order chi connectivity index (χ0) is 14.1. The average Bonchev–Trinajstić information content (AvgIpc) is 2.84. The molecular weight excluding hydrogens is 320 g/mol. The van der Waals surface area contributed by atoms with E-state index in [-0.39, 0.29) is 0 Å². The molecule has 0 fully saturated rings. The lowest BCUT2D eigenvalue weighted by atomic mass is 10.0. The molecule has 0 bridgehead atoms. The molecule has 4 nitrogen and oxygen atoms in total. The Morgan fingerprint density at radius 3 is 2.80 bits per heavy atom. The van der Waals surface area contributed by atoms with Crippen LogP contribution in [0, 0.1) is 0 Å². The van der Waals surface area contributed by atoms with Crippen LogP contribution in [0.1, 0.15) is 18.5 Å². The van der Waals surface area contributed by atoms with E-state index in [1.807, 2.05) is 18.2 Å². The molecule has 0 aliphatic carbocycles. The highest BCUT2D eigenvalue weighted by atomic mass is 79.9. The average molecular weight is 337 g/mol. The Morgan fingerprint density at radius 2 is 2.05 bits per heavy atom. The molecule has 0 N–H and O–H groups in total. The zero-order valence-electron chi connectivity index (χ0n) is 11.6. The van der Waals surface area contributed by atoms with Gasteiger partial charge in [-0.2, -0.15) is 0 Å². The van der Waals surface area contributed by atoms with Gasteiger partial charge in [-0.25, -0.2) is 4.98 Å². The number of nitrogens with zero attached hydrogens (tertiary/aromatic N) is 2. The molecule has 0 saturated heterocycles. The third-order valence-electron chi connectivity index (χ3n) is 3.73. The molecule has 3 rings (SSSR count). The van der Waals surface area contributed by atoms with Crippen LogP contribution in [0.15, 0.2) is 22.9 Å². The number of hydrogen-bond donors (Lipinski definition) is 0. The summed E-state index contributed by atoms with van der Waals surface area (Å²) in [5, 5.41) is 0. The highest BCUT2D eigenvalue weighted by Gasteiger charge is 2.22. The van der Waals surface area contributed by atoms with Crippen LogP contribution in [0.2, 0.25) is 0 Å². The van der Waals surface area contributed by atoms with Crippen molar-refractivity contribution < 1.29 is 9.47 Å². The first-order chi connectivity index (χ1) is 9.74. The minimum Gasteiger partial charge on any atom is -0.497 e. The normalized spacial score (nSPS) is 13.9. The highest BCUT2D eigenvalue weighted by Crippen LogP contribution is 2.37. The van der Waals surface area contributed by atoms with E-state index in [1.54, 1.807) is 14.2 Å². The molecule has 0 saturated carbocycles. The molecule has 20 heavy (non-hydrogen) atoms. The third kappa shape index (κ3) is 2.20. The number of ether oxygens (including phenoxy) is 2. The highest BCUT2D eigenvalue weighted by molar-refractivity contribution is 9.10. The molecule has 0 atom stereocenters. The monoisotopic (exact) mass is 336 g/mol. The minimum absolute atomic E-state index is 0.814. The number of imidazole rings is 1. The first-order valence-electron chi connectivity index (χ1n) is 6.72. The number of methoxy groups -OCH3 is 2. The van der Waals surface area contributed by atoms with E-state index in [9.17, 15) is 0 Å². The molecule has 1 aliphatic rings. The molecule has 5 heteroatoms. The van der Waals surface area contributed by atoms with Crippen LogP contribution in [0.4, 0.5) is 0 Å². The van der Waals surface area contributed by atoms with Gasteiger partial charge in [0.15, 0.2) is 4.73 Å². The van der Waals surface area contributed by atoms with E-state index in [0.717, 1.165) is 40.5 Å². The van der Waals surface area contributed by atoms with Crippen LogP contribution in [0.3, 0.4) is 0 Å². The Hall–Kier alpha value is -1.49. The molecule has 1 aromatic heterocycles. The molecular formula is C15H17BrN2O2. The van der Waals surface area contributed by atoms with Gasteiger partial charge in [0, 0.05) is 17.8 Å². The number of benzene rings is 1. The molecule has 106 valence electrons. The van der Waals surface area contributed by atoms with Crippen molar-refractivity contribution in [3.63, 3.8) is 0 Å². The van der Waals surface area contributed by atoms with E-state index in [1.165, 1.54) is 18.5 Å². The lowest BCUT2D eigenvalue weighted by Crippen LogP contribution is -2.10.